The number of amides is 1. The van der Waals surface area contributed by atoms with Gasteiger partial charge in [-0.05, 0) is 18.2 Å². The minimum atomic E-state index is -0.0696. The van der Waals surface area contributed by atoms with E-state index in [1.54, 1.807) is 6.20 Å². The summed E-state index contributed by atoms with van der Waals surface area (Å²) in [5.74, 6) is 1.76. The van der Waals surface area contributed by atoms with Gasteiger partial charge >= 0.3 is 0 Å². The average Bonchev–Trinajstić information content (AvgIpc) is 2.98. The summed E-state index contributed by atoms with van der Waals surface area (Å²) >= 11 is 2.86. The molecule has 0 spiro atoms. The third kappa shape index (κ3) is 3.23. The van der Waals surface area contributed by atoms with Crippen molar-refractivity contribution < 1.29 is 14.3 Å². The summed E-state index contributed by atoms with van der Waals surface area (Å²) in [5.41, 5.74) is 0. The third-order valence-electron chi connectivity index (χ3n) is 2.56. The smallest absolute Gasteiger partial charge is 0.236 e. The molecule has 104 valence electrons. The van der Waals surface area contributed by atoms with E-state index >= 15 is 0 Å². The minimum absolute atomic E-state index is 0.0696. The van der Waals surface area contributed by atoms with E-state index in [9.17, 15) is 4.79 Å². The first kappa shape index (κ1) is 13.3. The molecule has 5 nitrogen and oxygen atoms in total. The molecule has 3 rings (SSSR count). The van der Waals surface area contributed by atoms with Gasteiger partial charge in [-0.1, -0.05) is 0 Å². The number of carbonyl (C=O) groups excluding carboxylic acids is 1. The van der Waals surface area contributed by atoms with E-state index < -0.39 is 0 Å². The van der Waals surface area contributed by atoms with Gasteiger partial charge in [0.25, 0.3) is 0 Å². The van der Waals surface area contributed by atoms with Crippen molar-refractivity contribution in [2.45, 2.75) is 4.90 Å². The largest absolute Gasteiger partial charge is 0.486 e. The van der Waals surface area contributed by atoms with Crippen LogP contribution in [0.4, 0.5) is 5.13 Å². The van der Waals surface area contributed by atoms with Gasteiger partial charge in [0.15, 0.2) is 16.6 Å². The first-order chi connectivity index (χ1) is 9.81. The number of carbonyl (C=O) groups is 1. The van der Waals surface area contributed by atoms with E-state index in [1.165, 1.54) is 23.1 Å². The molecule has 1 N–H and O–H groups in total. The number of fused-ring (bicyclic) bond motifs is 1. The van der Waals surface area contributed by atoms with Crippen LogP contribution in [-0.4, -0.2) is 29.9 Å². The van der Waals surface area contributed by atoms with Crippen molar-refractivity contribution >= 4 is 34.1 Å². The summed E-state index contributed by atoms with van der Waals surface area (Å²) in [6, 6.07) is 5.69. The molecule has 0 fully saturated rings. The van der Waals surface area contributed by atoms with Crippen molar-refractivity contribution in [1.29, 1.82) is 0 Å². The van der Waals surface area contributed by atoms with Crippen LogP contribution in [0.1, 0.15) is 0 Å². The molecule has 1 amide bonds. The maximum atomic E-state index is 11.8. The lowest BCUT2D eigenvalue weighted by Crippen LogP contribution is -2.15. The molecule has 1 aromatic carbocycles. The fourth-order valence-corrected chi connectivity index (χ4v) is 2.97. The van der Waals surface area contributed by atoms with E-state index in [0.29, 0.717) is 24.1 Å². The zero-order valence-electron chi connectivity index (χ0n) is 10.5. The maximum Gasteiger partial charge on any atom is 0.236 e. The number of nitrogens with one attached hydrogen (secondary N) is 1. The quantitative estimate of drug-likeness (QED) is 0.880. The van der Waals surface area contributed by atoms with Crippen LogP contribution in [0, 0.1) is 0 Å². The van der Waals surface area contributed by atoms with Gasteiger partial charge in [0.05, 0.1) is 5.75 Å². The summed E-state index contributed by atoms with van der Waals surface area (Å²) in [6.45, 7) is 1.14. The number of nitrogens with zero attached hydrogens (tertiary/aromatic N) is 1. The van der Waals surface area contributed by atoms with Crippen molar-refractivity contribution in [2.75, 3.05) is 24.3 Å². The Labute approximate surface area is 124 Å². The highest BCUT2D eigenvalue weighted by molar-refractivity contribution is 8.00. The molecule has 0 aliphatic carbocycles. The molecule has 2 heterocycles. The van der Waals surface area contributed by atoms with Gasteiger partial charge in [-0.2, -0.15) is 0 Å². The topological polar surface area (TPSA) is 60.5 Å². The van der Waals surface area contributed by atoms with E-state index in [0.717, 1.165) is 16.4 Å². The van der Waals surface area contributed by atoms with Gasteiger partial charge in [0, 0.05) is 16.5 Å². The second kappa shape index (κ2) is 6.15. The lowest BCUT2D eigenvalue weighted by atomic mass is 10.3. The minimum Gasteiger partial charge on any atom is -0.486 e. The predicted octanol–water partition coefficient (Wildman–Crippen LogP) is 2.65. The van der Waals surface area contributed by atoms with E-state index in [4.69, 9.17) is 9.47 Å². The van der Waals surface area contributed by atoms with Crippen molar-refractivity contribution in [3.63, 3.8) is 0 Å². The van der Waals surface area contributed by atoms with Crippen LogP contribution in [0.25, 0.3) is 0 Å². The van der Waals surface area contributed by atoms with Crippen LogP contribution < -0.4 is 14.8 Å². The molecular formula is C13H12N2O3S2. The number of hydrogen-bond donors (Lipinski definition) is 1. The van der Waals surface area contributed by atoms with Crippen LogP contribution >= 0.6 is 23.1 Å². The van der Waals surface area contributed by atoms with Gasteiger partial charge in [-0.15, -0.1) is 23.1 Å². The number of aromatic nitrogens is 1. The Bertz CT molecular complexity index is 602. The van der Waals surface area contributed by atoms with Gasteiger partial charge in [-0.3, -0.25) is 4.79 Å². The van der Waals surface area contributed by atoms with Crippen molar-refractivity contribution in [3.8, 4) is 11.5 Å². The Hall–Kier alpha value is -1.73. The highest BCUT2D eigenvalue weighted by Gasteiger charge is 2.12. The molecule has 0 saturated carbocycles. The first-order valence-electron chi connectivity index (χ1n) is 6.03. The zero-order chi connectivity index (χ0) is 13.8. The number of rotatable bonds is 4. The van der Waals surface area contributed by atoms with E-state index in [1.807, 2.05) is 23.6 Å². The Balaban J connectivity index is 1.56. The fraction of sp³-hybridized carbons (Fsp3) is 0.231. The number of thiazole rings is 1. The van der Waals surface area contributed by atoms with Crippen LogP contribution in [0.2, 0.25) is 0 Å². The average molecular weight is 308 g/mol. The van der Waals surface area contributed by atoms with Gasteiger partial charge < -0.3 is 14.8 Å². The molecule has 1 aromatic heterocycles. The Morgan fingerprint density at radius 1 is 1.35 bits per heavy atom. The molecule has 0 saturated heterocycles. The molecule has 0 atom stereocenters. The second-order valence-corrected chi connectivity index (χ2v) is 5.92. The Morgan fingerprint density at radius 3 is 3.00 bits per heavy atom. The van der Waals surface area contributed by atoms with E-state index in [-0.39, 0.29) is 5.91 Å². The molecule has 1 aliphatic heterocycles. The summed E-state index contributed by atoms with van der Waals surface area (Å²) in [7, 11) is 0. The van der Waals surface area contributed by atoms with Crippen LogP contribution in [0.3, 0.4) is 0 Å². The summed E-state index contributed by atoms with van der Waals surface area (Å²) < 4.78 is 11.0. The number of ether oxygens (including phenoxy) is 2. The van der Waals surface area contributed by atoms with Gasteiger partial charge in [0.2, 0.25) is 5.91 Å². The van der Waals surface area contributed by atoms with Crippen molar-refractivity contribution in [1.82, 2.24) is 4.98 Å². The second-order valence-electron chi connectivity index (χ2n) is 3.98. The van der Waals surface area contributed by atoms with Crippen LogP contribution in [-0.2, 0) is 4.79 Å². The molecule has 1 aliphatic rings. The number of hydrogen-bond acceptors (Lipinski definition) is 6. The lowest BCUT2D eigenvalue weighted by molar-refractivity contribution is -0.113. The Kier molecular flexibility index (Phi) is 4.08. The van der Waals surface area contributed by atoms with Crippen molar-refractivity contribution in [3.05, 3.63) is 29.8 Å². The molecule has 2 aromatic rings. The molecule has 0 unspecified atom stereocenters. The van der Waals surface area contributed by atoms with Gasteiger partial charge in [0.1, 0.15) is 13.2 Å². The zero-order valence-corrected chi connectivity index (χ0v) is 12.1. The number of anilines is 1. The predicted molar refractivity (Wildman–Crippen MR) is 78.9 cm³/mol. The number of thioether (sulfide) groups is 1. The molecule has 0 radical (unpaired) electrons. The SMILES string of the molecule is O=C(CSc1ccc2c(c1)OCCO2)Nc1nccs1. The van der Waals surface area contributed by atoms with E-state index in [2.05, 4.69) is 10.3 Å². The van der Waals surface area contributed by atoms with Crippen LogP contribution in [0.15, 0.2) is 34.7 Å². The monoisotopic (exact) mass is 308 g/mol. The standard InChI is InChI=1S/C13H12N2O3S2/c16-12(15-13-14-3-6-19-13)8-20-9-1-2-10-11(7-9)18-5-4-17-10/h1-3,6-7H,4-5,8H2,(H,14,15,16). The summed E-state index contributed by atoms with van der Waals surface area (Å²) in [5, 5.41) is 5.19. The molecule has 7 heteroatoms. The third-order valence-corrected chi connectivity index (χ3v) is 4.24. The normalized spacial score (nSPS) is 13.0. The van der Waals surface area contributed by atoms with Gasteiger partial charge in [-0.25, -0.2) is 4.98 Å². The molecule has 0 bridgehead atoms. The number of benzene rings is 1. The summed E-state index contributed by atoms with van der Waals surface area (Å²) in [4.78, 5) is 16.7. The lowest BCUT2D eigenvalue weighted by Gasteiger charge is -2.18. The maximum absolute atomic E-state index is 11.8. The first-order valence-corrected chi connectivity index (χ1v) is 7.89. The Morgan fingerprint density at radius 2 is 2.20 bits per heavy atom. The summed E-state index contributed by atoms with van der Waals surface area (Å²) in [6.07, 6.45) is 1.66. The highest BCUT2D eigenvalue weighted by Crippen LogP contribution is 2.34. The molecule has 20 heavy (non-hydrogen) atoms. The molecular weight excluding hydrogens is 296 g/mol. The fourth-order valence-electron chi connectivity index (χ4n) is 1.70. The van der Waals surface area contributed by atoms with Crippen LogP contribution in [0.5, 0.6) is 11.5 Å². The highest BCUT2D eigenvalue weighted by atomic mass is 32.2. The van der Waals surface area contributed by atoms with Crippen molar-refractivity contribution in [2.24, 2.45) is 0 Å².